The topological polar surface area (TPSA) is 108 Å². The predicted molar refractivity (Wildman–Crippen MR) is 97.1 cm³/mol. The Kier molecular flexibility index (Phi) is 3.69. The molecule has 0 amide bonds. The van der Waals surface area contributed by atoms with Gasteiger partial charge in [0.15, 0.2) is 0 Å². The van der Waals surface area contributed by atoms with E-state index in [2.05, 4.69) is 15.1 Å². The number of hydrogen-bond acceptors (Lipinski definition) is 7. The minimum absolute atomic E-state index is 0.0179. The van der Waals surface area contributed by atoms with E-state index in [-0.39, 0.29) is 11.2 Å². The summed E-state index contributed by atoms with van der Waals surface area (Å²) in [5.41, 5.74) is 1.50. The van der Waals surface area contributed by atoms with Crippen molar-refractivity contribution in [1.82, 2.24) is 24.1 Å². The van der Waals surface area contributed by atoms with E-state index in [0.29, 0.717) is 33.1 Å². The average Bonchev–Trinajstić information content (AvgIpc) is 3.06. The number of nitrogens with zero attached hydrogens (tertiary/aromatic N) is 6. The van der Waals surface area contributed by atoms with Gasteiger partial charge in [-0.25, -0.2) is 4.98 Å². The summed E-state index contributed by atoms with van der Waals surface area (Å²) >= 11 is 1.39. The summed E-state index contributed by atoms with van der Waals surface area (Å²) in [4.78, 5) is 31.9. The van der Waals surface area contributed by atoms with Crippen LogP contribution < -0.4 is 5.56 Å². The minimum Gasteiger partial charge on any atom is -0.283 e. The number of pyridine rings is 1. The summed E-state index contributed by atoms with van der Waals surface area (Å²) in [5, 5.41) is 16.2. The third-order valence-corrected chi connectivity index (χ3v) is 4.59. The van der Waals surface area contributed by atoms with Crippen molar-refractivity contribution in [1.29, 1.82) is 0 Å². The van der Waals surface area contributed by atoms with E-state index in [1.54, 1.807) is 25.3 Å². The van der Waals surface area contributed by atoms with Crippen molar-refractivity contribution in [3.8, 4) is 5.69 Å². The Bertz CT molecular complexity index is 1250. The average molecular weight is 368 g/mol. The van der Waals surface area contributed by atoms with Crippen molar-refractivity contribution in [3.05, 3.63) is 62.7 Å². The van der Waals surface area contributed by atoms with Crippen LogP contribution in [0.25, 0.3) is 22.4 Å². The maximum absolute atomic E-state index is 12.9. The SMILES string of the molecule is CSc1nc2ncc3c(=O)n(-c4ccc([N+](=O)[O-])cc4C)ccc3n2n1. The number of fused-ring (bicyclic) bond motifs is 3. The van der Waals surface area contributed by atoms with Crippen LogP contribution in [0.15, 0.2) is 46.6 Å². The van der Waals surface area contributed by atoms with Crippen LogP contribution in [0.1, 0.15) is 5.56 Å². The highest BCUT2D eigenvalue weighted by Gasteiger charge is 2.14. The van der Waals surface area contributed by atoms with E-state index >= 15 is 0 Å². The molecule has 9 nitrogen and oxygen atoms in total. The standard InChI is InChI=1S/C16H12N6O3S/c1-9-7-10(22(24)25)3-4-12(9)20-6-5-13-11(14(20)23)8-17-15-18-16(26-2)19-21(13)15/h3-8H,1-2H3. The number of nitro benzene ring substituents is 1. The molecule has 0 unspecified atom stereocenters. The number of hydrogen-bond donors (Lipinski definition) is 0. The molecule has 10 heteroatoms. The Morgan fingerprint density at radius 1 is 1.27 bits per heavy atom. The molecule has 0 aliphatic heterocycles. The third kappa shape index (κ3) is 2.42. The minimum atomic E-state index is -0.464. The van der Waals surface area contributed by atoms with Gasteiger partial charge in [0.2, 0.25) is 5.16 Å². The van der Waals surface area contributed by atoms with Crippen LogP contribution in [0.2, 0.25) is 0 Å². The van der Waals surface area contributed by atoms with Gasteiger partial charge in [0, 0.05) is 24.5 Å². The molecule has 3 aromatic heterocycles. The molecule has 0 N–H and O–H groups in total. The van der Waals surface area contributed by atoms with E-state index in [4.69, 9.17) is 0 Å². The molecule has 0 radical (unpaired) electrons. The number of nitro groups is 1. The van der Waals surface area contributed by atoms with Gasteiger partial charge in [-0.2, -0.15) is 9.50 Å². The van der Waals surface area contributed by atoms with Crippen LogP contribution in [0.5, 0.6) is 0 Å². The molecule has 0 spiro atoms. The van der Waals surface area contributed by atoms with E-state index in [0.717, 1.165) is 0 Å². The molecular formula is C16H12N6O3S. The van der Waals surface area contributed by atoms with Crippen molar-refractivity contribution in [2.45, 2.75) is 12.1 Å². The van der Waals surface area contributed by atoms with Gasteiger partial charge >= 0.3 is 0 Å². The molecule has 1 aromatic carbocycles. The molecule has 3 heterocycles. The lowest BCUT2D eigenvalue weighted by Gasteiger charge is -2.10. The molecule has 0 aliphatic carbocycles. The first-order valence-electron chi connectivity index (χ1n) is 7.56. The van der Waals surface area contributed by atoms with Crippen molar-refractivity contribution in [2.24, 2.45) is 0 Å². The Morgan fingerprint density at radius 3 is 2.77 bits per heavy atom. The second-order valence-corrected chi connectivity index (χ2v) is 6.36. The van der Waals surface area contributed by atoms with Crippen LogP contribution in [0, 0.1) is 17.0 Å². The van der Waals surface area contributed by atoms with E-state index in [1.807, 2.05) is 6.26 Å². The first kappa shape index (κ1) is 16.2. The highest BCUT2D eigenvalue weighted by atomic mass is 32.2. The van der Waals surface area contributed by atoms with Gasteiger partial charge in [-0.05, 0) is 30.9 Å². The Hall–Kier alpha value is -3.27. The second-order valence-electron chi connectivity index (χ2n) is 5.59. The summed E-state index contributed by atoms with van der Waals surface area (Å²) in [7, 11) is 0. The zero-order chi connectivity index (χ0) is 18.4. The normalized spacial score (nSPS) is 11.3. The van der Waals surface area contributed by atoms with Gasteiger partial charge in [-0.1, -0.05) is 11.8 Å². The molecule has 0 saturated heterocycles. The number of aryl methyl sites for hydroxylation is 1. The third-order valence-electron chi connectivity index (χ3n) is 4.05. The Balaban J connectivity index is 1.95. The fourth-order valence-electron chi connectivity index (χ4n) is 2.80. The molecule has 26 heavy (non-hydrogen) atoms. The summed E-state index contributed by atoms with van der Waals surface area (Å²) in [6.07, 6.45) is 4.96. The zero-order valence-electron chi connectivity index (χ0n) is 13.8. The first-order chi connectivity index (χ1) is 12.5. The van der Waals surface area contributed by atoms with Crippen LogP contribution in [0.4, 0.5) is 5.69 Å². The van der Waals surface area contributed by atoms with Gasteiger partial charge < -0.3 is 0 Å². The summed E-state index contributed by atoms with van der Waals surface area (Å²) in [5.74, 6) is 0.422. The highest BCUT2D eigenvalue weighted by molar-refractivity contribution is 7.98. The maximum atomic E-state index is 12.9. The van der Waals surface area contributed by atoms with Crippen LogP contribution in [-0.4, -0.2) is 35.3 Å². The first-order valence-corrected chi connectivity index (χ1v) is 8.78. The quantitative estimate of drug-likeness (QED) is 0.310. The smallest absolute Gasteiger partial charge is 0.269 e. The van der Waals surface area contributed by atoms with Crippen molar-refractivity contribution in [3.63, 3.8) is 0 Å². The lowest BCUT2D eigenvalue weighted by Crippen LogP contribution is -2.19. The van der Waals surface area contributed by atoms with Crippen LogP contribution in [-0.2, 0) is 0 Å². The molecule has 0 aliphatic rings. The number of thioether (sulfide) groups is 1. The van der Waals surface area contributed by atoms with Crippen LogP contribution >= 0.6 is 11.8 Å². The van der Waals surface area contributed by atoms with Crippen molar-refractivity contribution < 1.29 is 4.92 Å². The van der Waals surface area contributed by atoms with E-state index in [1.165, 1.54) is 39.2 Å². The lowest BCUT2D eigenvalue weighted by molar-refractivity contribution is -0.384. The van der Waals surface area contributed by atoms with E-state index < -0.39 is 4.92 Å². The predicted octanol–water partition coefficient (Wildman–Crippen LogP) is 2.37. The Labute approximate surface area is 150 Å². The van der Waals surface area contributed by atoms with Gasteiger partial charge in [0.1, 0.15) is 0 Å². The molecular weight excluding hydrogens is 356 g/mol. The van der Waals surface area contributed by atoms with Crippen molar-refractivity contribution >= 4 is 34.1 Å². The number of aromatic nitrogens is 5. The molecule has 0 fully saturated rings. The summed E-state index contributed by atoms with van der Waals surface area (Å²) < 4.78 is 2.98. The molecule has 130 valence electrons. The number of benzene rings is 1. The molecule has 4 rings (SSSR count). The zero-order valence-corrected chi connectivity index (χ0v) is 14.6. The van der Waals surface area contributed by atoms with Gasteiger partial charge in [-0.3, -0.25) is 19.5 Å². The molecule has 0 atom stereocenters. The monoisotopic (exact) mass is 368 g/mol. The summed E-state index contributed by atoms with van der Waals surface area (Å²) in [6.45, 7) is 1.72. The van der Waals surface area contributed by atoms with Crippen molar-refractivity contribution in [2.75, 3.05) is 6.26 Å². The van der Waals surface area contributed by atoms with Gasteiger partial charge in [-0.15, -0.1) is 5.10 Å². The largest absolute Gasteiger partial charge is 0.283 e. The second kappa shape index (κ2) is 5.92. The van der Waals surface area contributed by atoms with Crippen LogP contribution in [0.3, 0.4) is 0 Å². The molecule has 4 aromatic rings. The molecule has 0 bridgehead atoms. The number of rotatable bonds is 3. The highest BCUT2D eigenvalue weighted by Crippen LogP contribution is 2.21. The van der Waals surface area contributed by atoms with E-state index in [9.17, 15) is 14.9 Å². The maximum Gasteiger partial charge on any atom is 0.269 e. The Morgan fingerprint density at radius 2 is 2.08 bits per heavy atom. The lowest BCUT2D eigenvalue weighted by atomic mass is 10.1. The molecule has 0 saturated carbocycles. The number of non-ortho nitro benzene ring substituents is 1. The van der Waals surface area contributed by atoms with Gasteiger partial charge in [0.25, 0.3) is 17.0 Å². The summed E-state index contributed by atoms with van der Waals surface area (Å²) in [6, 6.07) is 6.14. The van der Waals surface area contributed by atoms with Gasteiger partial charge in [0.05, 0.1) is 21.5 Å². The fraction of sp³-hybridized carbons (Fsp3) is 0.125. The fourth-order valence-corrected chi connectivity index (χ4v) is 3.14.